The minimum absolute atomic E-state index is 0.0421. The number of hydrogen-bond acceptors (Lipinski definition) is 9. The first-order valence-corrected chi connectivity index (χ1v) is 12.4. The Kier molecular flexibility index (Phi) is 7.69. The van der Waals surface area contributed by atoms with Crippen molar-refractivity contribution in [1.29, 1.82) is 0 Å². The van der Waals surface area contributed by atoms with Gasteiger partial charge in [0.25, 0.3) is 5.91 Å². The molecule has 0 radical (unpaired) electrons. The summed E-state index contributed by atoms with van der Waals surface area (Å²) in [4.78, 5) is 38.0. The Balaban J connectivity index is 1.78. The van der Waals surface area contributed by atoms with E-state index in [0.29, 0.717) is 10.7 Å². The van der Waals surface area contributed by atoms with E-state index in [1.54, 1.807) is 25.2 Å². The summed E-state index contributed by atoms with van der Waals surface area (Å²) < 4.78 is 7.05. The fourth-order valence-corrected chi connectivity index (χ4v) is 5.63. The van der Waals surface area contributed by atoms with Crippen LogP contribution in [0.15, 0.2) is 22.7 Å². The number of primary amides is 1. The van der Waals surface area contributed by atoms with E-state index in [0.717, 1.165) is 22.0 Å². The van der Waals surface area contributed by atoms with Crippen molar-refractivity contribution in [3.8, 4) is 10.7 Å². The lowest BCUT2D eigenvalue weighted by Gasteiger charge is -2.13. The molecule has 0 saturated heterocycles. The molecule has 0 saturated carbocycles. The van der Waals surface area contributed by atoms with Gasteiger partial charge in [0.05, 0.1) is 27.7 Å². The van der Waals surface area contributed by atoms with E-state index in [1.807, 2.05) is 35.9 Å². The zero-order valence-corrected chi connectivity index (χ0v) is 20.4. The van der Waals surface area contributed by atoms with Gasteiger partial charge >= 0.3 is 5.97 Å². The maximum Gasteiger partial charge on any atom is 0.341 e. The molecule has 32 heavy (non-hydrogen) atoms. The quantitative estimate of drug-likeness (QED) is 0.341. The average Bonchev–Trinajstić information content (AvgIpc) is 3.44. The summed E-state index contributed by atoms with van der Waals surface area (Å²) >= 11 is 3.77. The summed E-state index contributed by atoms with van der Waals surface area (Å²) in [5, 5.41) is 14.1. The topological polar surface area (TPSA) is 129 Å². The van der Waals surface area contributed by atoms with E-state index in [-0.39, 0.29) is 39.8 Å². The molecule has 12 heteroatoms. The first kappa shape index (κ1) is 24.0. The highest BCUT2D eigenvalue weighted by Gasteiger charge is 2.26. The van der Waals surface area contributed by atoms with Gasteiger partial charge < -0.3 is 15.8 Å². The van der Waals surface area contributed by atoms with Gasteiger partial charge in [-0.3, -0.25) is 14.2 Å². The highest BCUT2D eigenvalue weighted by atomic mass is 32.2. The molecule has 0 aromatic carbocycles. The Labute approximate surface area is 197 Å². The maximum atomic E-state index is 12.7. The molecule has 3 heterocycles. The zero-order chi connectivity index (χ0) is 23.4. The molecule has 2 amide bonds. The number of nitrogens with one attached hydrogen (secondary N) is 1. The van der Waals surface area contributed by atoms with Crippen molar-refractivity contribution in [3.05, 3.63) is 33.5 Å². The first-order valence-electron chi connectivity index (χ1n) is 9.76. The first-order chi connectivity index (χ1) is 15.2. The van der Waals surface area contributed by atoms with Crippen LogP contribution in [0.5, 0.6) is 0 Å². The van der Waals surface area contributed by atoms with Crippen LogP contribution in [0.25, 0.3) is 10.7 Å². The second-order valence-corrected chi connectivity index (χ2v) is 9.84. The molecule has 170 valence electrons. The van der Waals surface area contributed by atoms with E-state index in [1.165, 1.54) is 11.8 Å². The number of esters is 1. The number of nitrogens with two attached hydrogens (primary N) is 1. The molecule has 3 rings (SSSR count). The predicted molar refractivity (Wildman–Crippen MR) is 127 cm³/mol. The van der Waals surface area contributed by atoms with Crippen molar-refractivity contribution in [2.24, 2.45) is 5.73 Å². The fourth-order valence-electron chi connectivity index (χ4n) is 2.99. The third-order valence-corrected chi connectivity index (χ3v) is 7.39. The number of anilines is 1. The molecule has 0 spiro atoms. The van der Waals surface area contributed by atoms with Crippen molar-refractivity contribution < 1.29 is 19.1 Å². The van der Waals surface area contributed by atoms with Crippen LogP contribution >= 0.6 is 34.4 Å². The van der Waals surface area contributed by atoms with E-state index in [2.05, 4.69) is 15.5 Å². The average molecular weight is 494 g/mol. The van der Waals surface area contributed by atoms with E-state index < -0.39 is 11.9 Å². The van der Waals surface area contributed by atoms with Gasteiger partial charge in [-0.1, -0.05) is 17.8 Å². The summed E-state index contributed by atoms with van der Waals surface area (Å²) in [5.74, 6) is -0.840. The summed E-state index contributed by atoms with van der Waals surface area (Å²) in [7, 11) is 0. The van der Waals surface area contributed by atoms with Crippen LogP contribution in [-0.2, 0) is 9.53 Å². The molecule has 0 aliphatic carbocycles. The highest BCUT2D eigenvalue weighted by molar-refractivity contribution is 7.99. The lowest BCUT2D eigenvalue weighted by Crippen LogP contribution is -2.17. The van der Waals surface area contributed by atoms with Gasteiger partial charge in [-0.25, -0.2) is 4.79 Å². The van der Waals surface area contributed by atoms with E-state index in [9.17, 15) is 14.4 Å². The highest BCUT2D eigenvalue weighted by Crippen LogP contribution is 2.34. The summed E-state index contributed by atoms with van der Waals surface area (Å²) in [6.07, 6.45) is 0. The molecule has 3 aromatic heterocycles. The molecular formula is C20H23N5O4S3. The summed E-state index contributed by atoms with van der Waals surface area (Å²) in [5.41, 5.74) is 5.95. The van der Waals surface area contributed by atoms with Gasteiger partial charge in [0.1, 0.15) is 5.00 Å². The zero-order valence-electron chi connectivity index (χ0n) is 18.0. The van der Waals surface area contributed by atoms with Gasteiger partial charge in [-0.2, -0.15) is 0 Å². The lowest BCUT2D eigenvalue weighted by molar-refractivity contribution is -0.113. The Morgan fingerprint density at radius 2 is 2.06 bits per heavy atom. The summed E-state index contributed by atoms with van der Waals surface area (Å²) in [6, 6.07) is 4.02. The second kappa shape index (κ2) is 10.3. The van der Waals surface area contributed by atoms with Gasteiger partial charge in [0.15, 0.2) is 11.0 Å². The SMILES string of the molecule is CCOC(=O)c1c(NC(=O)CSc2nnc(-c3cccs3)n2C(C)C)sc(C(N)=O)c1C. The van der Waals surface area contributed by atoms with Crippen LogP contribution in [0.1, 0.15) is 52.4 Å². The number of aromatic nitrogens is 3. The summed E-state index contributed by atoms with van der Waals surface area (Å²) in [6.45, 7) is 7.50. The molecule has 0 atom stereocenters. The fraction of sp³-hybridized carbons (Fsp3) is 0.350. The molecule has 0 aliphatic heterocycles. The van der Waals surface area contributed by atoms with Crippen molar-refractivity contribution in [1.82, 2.24) is 14.8 Å². The van der Waals surface area contributed by atoms with Gasteiger partial charge in [-0.15, -0.1) is 32.9 Å². The van der Waals surface area contributed by atoms with Crippen LogP contribution in [-0.4, -0.2) is 44.9 Å². The van der Waals surface area contributed by atoms with Crippen LogP contribution in [0.4, 0.5) is 5.00 Å². The molecule has 0 aliphatic rings. The number of carbonyl (C=O) groups is 3. The smallest absolute Gasteiger partial charge is 0.341 e. The standard InChI is InChI=1S/C20H23N5O4S3/c1-5-29-19(28)14-11(4)15(16(21)27)32-18(14)22-13(26)9-31-20-24-23-17(25(20)10(2)3)12-7-6-8-30-12/h6-8,10H,5,9H2,1-4H3,(H2,21,27)(H,22,26). The molecular weight excluding hydrogens is 470 g/mol. The number of thioether (sulfide) groups is 1. The molecule has 0 fully saturated rings. The number of thiophene rings is 2. The van der Waals surface area contributed by atoms with Crippen molar-refractivity contribution in [2.45, 2.75) is 38.9 Å². The number of rotatable bonds is 9. The molecule has 0 bridgehead atoms. The molecule has 3 N–H and O–H groups in total. The number of nitrogens with zero attached hydrogens (tertiary/aromatic N) is 3. The van der Waals surface area contributed by atoms with Crippen LogP contribution in [0.2, 0.25) is 0 Å². The van der Waals surface area contributed by atoms with E-state index >= 15 is 0 Å². The van der Waals surface area contributed by atoms with Crippen LogP contribution < -0.4 is 11.1 Å². The van der Waals surface area contributed by atoms with Gasteiger partial charge in [-0.05, 0) is 44.7 Å². The largest absolute Gasteiger partial charge is 0.462 e. The normalized spacial score (nSPS) is 11.0. The predicted octanol–water partition coefficient (Wildman–Crippen LogP) is 3.96. The minimum Gasteiger partial charge on any atom is -0.462 e. The molecule has 3 aromatic rings. The molecule has 0 unspecified atom stereocenters. The van der Waals surface area contributed by atoms with Crippen LogP contribution in [0.3, 0.4) is 0 Å². The monoisotopic (exact) mass is 493 g/mol. The van der Waals surface area contributed by atoms with Gasteiger partial charge in [0.2, 0.25) is 5.91 Å². The number of ether oxygens (including phenoxy) is 1. The van der Waals surface area contributed by atoms with Crippen molar-refractivity contribution >= 4 is 57.2 Å². The van der Waals surface area contributed by atoms with Gasteiger partial charge in [0, 0.05) is 6.04 Å². The minimum atomic E-state index is -0.668. The van der Waals surface area contributed by atoms with Crippen LogP contribution in [0, 0.1) is 6.92 Å². The Morgan fingerprint density at radius 3 is 2.66 bits per heavy atom. The van der Waals surface area contributed by atoms with Crippen molar-refractivity contribution in [3.63, 3.8) is 0 Å². The third-order valence-electron chi connectivity index (χ3n) is 4.36. The maximum absolute atomic E-state index is 12.7. The lowest BCUT2D eigenvalue weighted by atomic mass is 10.1. The number of hydrogen-bond donors (Lipinski definition) is 2. The second-order valence-electron chi connectivity index (χ2n) is 6.93. The Bertz CT molecular complexity index is 1130. The number of amides is 2. The third kappa shape index (κ3) is 5.03. The molecule has 9 nitrogen and oxygen atoms in total. The van der Waals surface area contributed by atoms with Crippen molar-refractivity contribution in [2.75, 3.05) is 17.7 Å². The number of carbonyl (C=O) groups excluding carboxylic acids is 3. The Morgan fingerprint density at radius 1 is 1.31 bits per heavy atom. The Hall–Kier alpha value is -2.70. The van der Waals surface area contributed by atoms with E-state index in [4.69, 9.17) is 10.5 Å².